The molecule has 2 aromatic carbocycles. The number of nitrogens with two attached hydrogens (primary N) is 1. The van der Waals surface area contributed by atoms with Crippen LogP contribution in [0.15, 0.2) is 42.5 Å². The number of carbonyl (C=O) groups is 1. The van der Waals surface area contributed by atoms with Crippen LogP contribution in [0.4, 0.5) is 0 Å². The van der Waals surface area contributed by atoms with Gasteiger partial charge in [-0.2, -0.15) is 0 Å². The fraction of sp³-hybridized carbons (Fsp3) is 0.214. The maximum absolute atomic E-state index is 11.6. The molecule has 0 aromatic heterocycles. The lowest BCUT2D eigenvalue weighted by Crippen LogP contribution is -2.49. The molecule has 18 heavy (non-hydrogen) atoms. The Labute approximate surface area is 106 Å². The molecule has 2 rings (SSSR count). The second-order valence-corrected chi connectivity index (χ2v) is 4.56. The van der Waals surface area contributed by atoms with Gasteiger partial charge in [-0.25, -0.2) is 5.84 Å². The monoisotopic (exact) mass is 244 g/mol. The molecule has 1 amide bonds. The number of fused-ring (bicyclic) bond motifs is 1. The number of hydrogen-bond donors (Lipinski definition) is 2. The van der Waals surface area contributed by atoms with Crippen molar-refractivity contribution in [3.05, 3.63) is 42.5 Å². The summed E-state index contributed by atoms with van der Waals surface area (Å²) in [4.78, 5) is 11.6. The Morgan fingerprint density at radius 1 is 1.17 bits per heavy atom. The first-order valence-electron chi connectivity index (χ1n) is 5.72. The summed E-state index contributed by atoms with van der Waals surface area (Å²) in [5, 5.41) is 2.04. The Morgan fingerprint density at radius 3 is 2.56 bits per heavy atom. The number of benzene rings is 2. The highest BCUT2D eigenvalue weighted by molar-refractivity contribution is 5.89. The lowest BCUT2D eigenvalue weighted by molar-refractivity contribution is -0.134. The lowest BCUT2D eigenvalue weighted by atomic mass is 10.1. The van der Waals surface area contributed by atoms with Gasteiger partial charge in [-0.05, 0) is 25.3 Å². The van der Waals surface area contributed by atoms with Crippen LogP contribution in [-0.4, -0.2) is 11.5 Å². The number of hydrogen-bond acceptors (Lipinski definition) is 3. The average Bonchev–Trinajstić information content (AvgIpc) is 2.38. The normalized spacial score (nSPS) is 11.3. The topological polar surface area (TPSA) is 64.3 Å². The summed E-state index contributed by atoms with van der Waals surface area (Å²) < 4.78 is 5.78. The lowest BCUT2D eigenvalue weighted by Gasteiger charge is -2.25. The van der Waals surface area contributed by atoms with Gasteiger partial charge >= 0.3 is 0 Å². The third-order valence-corrected chi connectivity index (χ3v) is 2.79. The smallest absolute Gasteiger partial charge is 0.277 e. The quantitative estimate of drug-likeness (QED) is 0.493. The van der Waals surface area contributed by atoms with Crippen molar-refractivity contribution in [3.63, 3.8) is 0 Å². The Balaban J connectivity index is 2.41. The molecule has 3 N–H and O–H groups in total. The molecule has 0 aliphatic carbocycles. The maximum atomic E-state index is 11.6. The number of nitrogens with one attached hydrogen (secondary N) is 1. The summed E-state index contributed by atoms with van der Waals surface area (Å²) in [5.74, 6) is 5.45. The van der Waals surface area contributed by atoms with Crippen molar-refractivity contribution in [2.75, 3.05) is 0 Å². The maximum Gasteiger partial charge on any atom is 0.277 e. The minimum atomic E-state index is -1.02. The Hall–Kier alpha value is -2.07. The van der Waals surface area contributed by atoms with Crippen LogP contribution in [0.3, 0.4) is 0 Å². The fourth-order valence-corrected chi connectivity index (χ4v) is 1.78. The van der Waals surface area contributed by atoms with E-state index in [1.165, 1.54) is 0 Å². The van der Waals surface area contributed by atoms with E-state index in [-0.39, 0.29) is 5.91 Å². The second kappa shape index (κ2) is 4.66. The van der Waals surface area contributed by atoms with E-state index in [0.29, 0.717) is 5.75 Å². The molecular weight excluding hydrogens is 228 g/mol. The van der Waals surface area contributed by atoms with E-state index in [4.69, 9.17) is 10.6 Å². The summed E-state index contributed by atoms with van der Waals surface area (Å²) in [6, 6.07) is 13.6. The van der Waals surface area contributed by atoms with Crippen molar-refractivity contribution in [1.82, 2.24) is 5.43 Å². The van der Waals surface area contributed by atoms with Crippen LogP contribution in [0.25, 0.3) is 10.8 Å². The van der Waals surface area contributed by atoms with E-state index >= 15 is 0 Å². The zero-order chi connectivity index (χ0) is 13.2. The molecule has 0 atom stereocenters. The van der Waals surface area contributed by atoms with E-state index in [0.717, 1.165) is 10.8 Å². The van der Waals surface area contributed by atoms with Crippen molar-refractivity contribution in [2.24, 2.45) is 5.84 Å². The predicted molar refractivity (Wildman–Crippen MR) is 71.0 cm³/mol. The van der Waals surface area contributed by atoms with E-state index in [9.17, 15) is 4.79 Å². The van der Waals surface area contributed by atoms with Crippen molar-refractivity contribution in [2.45, 2.75) is 19.4 Å². The fourth-order valence-electron chi connectivity index (χ4n) is 1.78. The molecule has 0 unspecified atom stereocenters. The van der Waals surface area contributed by atoms with E-state index < -0.39 is 5.60 Å². The SMILES string of the molecule is CC(C)(Oc1cccc2ccccc12)C(=O)NN. The van der Waals surface area contributed by atoms with Crippen molar-refractivity contribution < 1.29 is 9.53 Å². The highest BCUT2D eigenvalue weighted by Crippen LogP contribution is 2.28. The second-order valence-electron chi connectivity index (χ2n) is 4.56. The molecule has 0 radical (unpaired) electrons. The summed E-state index contributed by atoms with van der Waals surface area (Å²) in [7, 11) is 0. The Morgan fingerprint density at radius 2 is 1.83 bits per heavy atom. The van der Waals surface area contributed by atoms with Crippen molar-refractivity contribution in [3.8, 4) is 5.75 Å². The van der Waals surface area contributed by atoms with Gasteiger partial charge in [0, 0.05) is 5.39 Å². The minimum absolute atomic E-state index is 0.365. The van der Waals surface area contributed by atoms with Gasteiger partial charge in [0.05, 0.1) is 0 Å². The molecule has 0 saturated carbocycles. The van der Waals surface area contributed by atoms with Crippen LogP contribution in [0, 0.1) is 0 Å². The molecule has 0 fully saturated rings. The number of amides is 1. The van der Waals surface area contributed by atoms with Gasteiger partial charge in [-0.1, -0.05) is 36.4 Å². The van der Waals surface area contributed by atoms with E-state index in [1.54, 1.807) is 13.8 Å². The molecule has 0 bridgehead atoms. The number of rotatable bonds is 3. The van der Waals surface area contributed by atoms with Gasteiger partial charge in [-0.15, -0.1) is 0 Å². The largest absolute Gasteiger partial charge is 0.477 e. The third kappa shape index (κ3) is 2.28. The van der Waals surface area contributed by atoms with Crippen LogP contribution in [0.5, 0.6) is 5.75 Å². The first-order valence-corrected chi connectivity index (χ1v) is 5.72. The molecule has 0 aliphatic heterocycles. The van der Waals surface area contributed by atoms with Crippen molar-refractivity contribution in [1.29, 1.82) is 0 Å². The number of ether oxygens (including phenoxy) is 1. The highest BCUT2D eigenvalue weighted by atomic mass is 16.5. The molecule has 2 aromatic rings. The summed E-state index contributed by atoms with van der Waals surface area (Å²) in [6.45, 7) is 3.36. The molecule has 0 aliphatic rings. The highest BCUT2D eigenvalue weighted by Gasteiger charge is 2.29. The van der Waals surface area contributed by atoms with Crippen LogP contribution in [0.2, 0.25) is 0 Å². The molecular formula is C14H16N2O2. The molecule has 0 heterocycles. The Bertz CT molecular complexity index is 574. The molecule has 0 saturated heterocycles. The zero-order valence-electron chi connectivity index (χ0n) is 10.4. The Kier molecular flexibility index (Phi) is 3.21. The summed E-state index contributed by atoms with van der Waals surface area (Å²) >= 11 is 0. The van der Waals surface area contributed by atoms with E-state index in [2.05, 4.69) is 5.43 Å². The third-order valence-electron chi connectivity index (χ3n) is 2.79. The predicted octanol–water partition coefficient (Wildman–Crippen LogP) is 1.99. The summed E-state index contributed by atoms with van der Waals surface area (Å²) in [6.07, 6.45) is 0. The van der Waals surface area contributed by atoms with Gasteiger partial charge < -0.3 is 4.74 Å². The van der Waals surface area contributed by atoms with Crippen LogP contribution in [-0.2, 0) is 4.79 Å². The van der Waals surface area contributed by atoms with Crippen molar-refractivity contribution >= 4 is 16.7 Å². The van der Waals surface area contributed by atoms with Crippen LogP contribution in [0.1, 0.15) is 13.8 Å². The molecule has 4 nitrogen and oxygen atoms in total. The first-order chi connectivity index (χ1) is 8.54. The molecule has 0 spiro atoms. The first kappa shape index (κ1) is 12.4. The summed E-state index contributed by atoms with van der Waals surface area (Å²) in [5.41, 5.74) is 1.09. The van der Waals surface area contributed by atoms with Crippen LogP contribution >= 0.6 is 0 Å². The van der Waals surface area contributed by atoms with Crippen LogP contribution < -0.4 is 16.0 Å². The number of hydrazine groups is 1. The van der Waals surface area contributed by atoms with E-state index in [1.807, 2.05) is 42.5 Å². The van der Waals surface area contributed by atoms with Gasteiger partial charge in [-0.3, -0.25) is 10.2 Å². The molecule has 4 heteroatoms. The van der Waals surface area contributed by atoms with Gasteiger partial charge in [0.15, 0.2) is 5.60 Å². The standard InChI is InChI=1S/C14H16N2O2/c1-14(2,13(17)16-15)18-12-9-5-7-10-6-3-4-8-11(10)12/h3-9H,15H2,1-2H3,(H,16,17). The minimum Gasteiger partial charge on any atom is -0.477 e. The van der Waals surface area contributed by atoms with Gasteiger partial charge in [0.2, 0.25) is 0 Å². The molecule has 94 valence electrons. The van der Waals surface area contributed by atoms with Gasteiger partial charge in [0.25, 0.3) is 5.91 Å². The average molecular weight is 244 g/mol. The zero-order valence-corrected chi connectivity index (χ0v) is 10.4. The van der Waals surface area contributed by atoms with Gasteiger partial charge in [0.1, 0.15) is 5.75 Å². The number of carbonyl (C=O) groups excluding carboxylic acids is 1.